The molecule has 23 heavy (non-hydrogen) atoms. The van der Waals surface area contributed by atoms with Gasteiger partial charge in [0.1, 0.15) is 11.6 Å². The standard InChI is InChI=1S/C16H22N6O/c1-12-11-13(19-21(12)3)16(23)18-14-5-4-6-15(17-14)22-9-7-20(2)8-10-22/h4-6,11H,7-10H2,1-3H3,(H,17,18,23). The molecule has 0 aliphatic carbocycles. The zero-order valence-electron chi connectivity index (χ0n) is 13.8. The van der Waals surface area contributed by atoms with E-state index in [1.54, 1.807) is 16.8 Å². The predicted octanol–water partition coefficient (Wildman–Crippen LogP) is 1.13. The average molecular weight is 314 g/mol. The number of aryl methyl sites for hydroxylation is 2. The summed E-state index contributed by atoms with van der Waals surface area (Å²) in [6, 6.07) is 7.46. The third kappa shape index (κ3) is 3.50. The quantitative estimate of drug-likeness (QED) is 0.920. The van der Waals surface area contributed by atoms with E-state index in [-0.39, 0.29) is 5.91 Å². The molecule has 7 heteroatoms. The molecule has 0 bridgehead atoms. The van der Waals surface area contributed by atoms with E-state index in [1.165, 1.54) is 0 Å². The van der Waals surface area contributed by atoms with Crippen LogP contribution in [-0.4, -0.2) is 58.8 Å². The van der Waals surface area contributed by atoms with Gasteiger partial charge in [-0.05, 0) is 32.2 Å². The van der Waals surface area contributed by atoms with E-state index in [2.05, 4.69) is 32.2 Å². The minimum atomic E-state index is -0.239. The topological polar surface area (TPSA) is 66.3 Å². The normalized spacial score (nSPS) is 15.7. The Balaban J connectivity index is 1.71. The maximum absolute atomic E-state index is 12.3. The van der Waals surface area contributed by atoms with Gasteiger partial charge in [-0.1, -0.05) is 6.07 Å². The van der Waals surface area contributed by atoms with Gasteiger partial charge in [-0.15, -0.1) is 0 Å². The van der Waals surface area contributed by atoms with Crippen molar-refractivity contribution in [1.82, 2.24) is 19.7 Å². The molecule has 0 atom stereocenters. The summed E-state index contributed by atoms with van der Waals surface area (Å²) in [5.41, 5.74) is 1.34. The van der Waals surface area contributed by atoms with E-state index in [9.17, 15) is 4.79 Å². The fourth-order valence-corrected chi connectivity index (χ4v) is 2.56. The second-order valence-electron chi connectivity index (χ2n) is 5.92. The highest BCUT2D eigenvalue weighted by molar-refractivity contribution is 6.02. The first-order valence-electron chi connectivity index (χ1n) is 7.75. The Morgan fingerprint density at radius 1 is 1.17 bits per heavy atom. The average Bonchev–Trinajstić information content (AvgIpc) is 2.88. The molecular weight excluding hydrogens is 292 g/mol. The van der Waals surface area contributed by atoms with Crippen LogP contribution in [0.5, 0.6) is 0 Å². The number of hydrogen-bond donors (Lipinski definition) is 1. The van der Waals surface area contributed by atoms with Gasteiger partial charge in [0, 0.05) is 38.9 Å². The number of likely N-dealkylation sites (N-methyl/N-ethyl adjacent to an activating group) is 1. The van der Waals surface area contributed by atoms with Crippen LogP contribution in [0.4, 0.5) is 11.6 Å². The molecule has 0 aromatic carbocycles. The zero-order valence-corrected chi connectivity index (χ0v) is 13.8. The summed E-state index contributed by atoms with van der Waals surface area (Å²) in [7, 11) is 3.94. The van der Waals surface area contributed by atoms with E-state index in [4.69, 9.17) is 0 Å². The number of rotatable bonds is 3. The minimum absolute atomic E-state index is 0.239. The maximum Gasteiger partial charge on any atom is 0.277 e. The van der Waals surface area contributed by atoms with Crippen LogP contribution in [0.15, 0.2) is 24.3 Å². The monoisotopic (exact) mass is 314 g/mol. The van der Waals surface area contributed by atoms with Crippen molar-refractivity contribution >= 4 is 17.5 Å². The van der Waals surface area contributed by atoms with Gasteiger partial charge in [0.25, 0.3) is 5.91 Å². The van der Waals surface area contributed by atoms with Crippen molar-refractivity contribution < 1.29 is 4.79 Å². The Bertz CT molecular complexity index is 683. The van der Waals surface area contributed by atoms with Crippen LogP contribution in [0.3, 0.4) is 0 Å². The molecule has 0 spiro atoms. The number of anilines is 2. The Labute approximate surface area is 135 Å². The van der Waals surface area contributed by atoms with Gasteiger partial charge in [0.2, 0.25) is 0 Å². The third-order valence-electron chi connectivity index (χ3n) is 4.15. The van der Waals surface area contributed by atoms with E-state index in [1.807, 2.05) is 26.1 Å². The number of aromatic nitrogens is 3. The summed E-state index contributed by atoms with van der Waals surface area (Å²) in [6.45, 7) is 5.84. The summed E-state index contributed by atoms with van der Waals surface area (Å²) in [4.78, 5) is 21.4. The van der Waals surface area contributed by atoms with E-state index in [0.29, 0.717) is 11.5 Å². The van der Waals surface area contributed by atoms with Crippen molar-refractivity contribution in [1.29, 1.82) is 0 Å². The molecule has 7 nitrogen and oxygen atoms in total. The van der Waals surface area contributed by atoms with Crippen molar-refractivity contribution in [2.45, 2.75) is 6.92 Å². The Kier molecular flexibility index (Phi) is 4.29. The number of pyridine rings is 1. The van der Waals surface area contributed by atoms with Crippen molar-refractivity contribution in [3.05, 3.63) is 35.7 Å². The molecule has 1 aliphatic heterocycles. The number of nitrogens with one attached hydrogen (secondary N) is 1. The zero-order chi connectivity index (χ0) is 16.4. The summed E-state index contributed by atoms with van der Waals surface area (Å²) in [6.07, 6.45) is 0. The Morgan fingerprint density at radius 3 is 2.57 bits per heavy atom. The van der Waals surface area contributed by atoms with Gasteiger partial charge < -0.3 is 15.1 Å². The van der Waals surface area contributed by atoms with E-state index in [0.717, 1.165) is 37.7 Å². The van der Waals surface area contributed by atoms with Crippen LogP contribution in [0.1, 0.15) is 16.2 Å². The molecule has 2 aromatic heterocycles. The van der Waals surface area contributed by atoms with Gasteiger partial charge in [0.05, 0.1) is 0 Å². The lowest BCUT2D eigenvalue weighted by atomic mass is 10.3. The number of piperazine rings is 1. The van der Waals surface area contributed by atoms with Crippen LogP contribution in [-0.2, 0) is 7.05 Å². The van der Waals surface area contributed by atoms with Gasteiger partial charge in [-0.3, -0.25) is 9.48 Å². The second-order valence-corrected chi connectivity index (χ2v) is 5.92. The highest BCUT2D eigenvalue weighted by Crippen LogP contribution is 2.16. The number of carbonyl (C=O) groups excluding carboxylic acids is 1. The number of amides is 1. The van der Waals surface area contributed by atoms with Crippen LogP contribution < -0.4 is 10.2 Å². The lowest BCUT2D eigenvalue weighted by Gasteiger charge is -2.33. The first kappa shape index (κ1) is 15.5. The highest BCUT2D eigenvalue weighted by atomic mass is 16.2. The summed E-state index contributed by atoms with van der Waals surface area (Å²) in [5, 5.41) is 7.01. The second kappa shape index (κ2) is 6.37. The molecule has 0 radical (unpaired) electrons. The van der Waals surface area contributed by atoms with Gasteiger partial charge >= 0.3 is 0 Å². The molecule has 2 aromatic rings. The molecule has 1 N–H and O–H groups in total. The minimum Gasteiger partial charge on any atom is -0.354 e. The van der Waals surface area contributed by atoms with Gasteiger partial charge in [-0.2, -0.15) is 5.10 Å². The summed E-state index contributed by atoms with van der Waals surface area (Å²) >= 11 is 0. The van der Waals surface area contributed by atoms with Gasteiger partial charge in [0.15, 0.2) is 5.69 Å². The molecule has 1 aliphatic rings. The molecule has 0 saturated carbocycles. The lowest BCUT2D eigenvalue weighted by molar-refractivity contribution is 0.102. The largest absolute Gasteiger partial charge is 0.354 e. The predicted molar refractivity (Wildman–Crippen MR) is 89.8 cm³/mol. The Hall–Kier alpha value is -2.41. The molecular formula is C16H22N6O. The van der Waals surface area contributed by atoms with Crippen molar-refractivity contribution in [3.8, 4) is 0 Å². The molecule has 0 unspecified atom stereocenters. The van der Waals surface area contributed by atoms with Gasteiger partial charge in [-0.25, -0.2) is 4.98 Å². The highest BCUT2D eigenvalue weighted by Gasteiger charge is 2.16. The first-order chi connectivity index (χ1) is 11.0. The van der Waals surface area contributed by atoms with Crippen LogP contribution in [0, 0.1) is 6.92 Å². The van der Waals surface area contributed by atoms with E-state index < -0.39 is 0 Å². The van der Waals surface area contributed by atoms with Crippen LogP contribution >= 0.6 is 0 Å². The summed E-state index contributed by atoms with van der Waals surface area (Å²) < 4.78 is 1.68. The lowest BCUT2D eigenvalue weighted by Crippen LogP contribution is -2.44. The van der Waals surface area contributed by atoms with Crippen LogP contribution in [0.25, 0.3) is 0 Å². The maximum atomic E-state index is 12.3. The molecule has 122 valence electrons. The fourth-order valence-electron chi connectivity index (χ4n) is 2.56. The number of carbonyl (C=O) groups is 1. The SMILES string of the molecule is Cc1cc(C(=O)Nc2cccc(N3CCN(C)CC3)n2)nn1C. The van der Waals surface area contributed by atoms with Crippen molar-refractivity contribution in [2.75, 3.05) is 43.4 Å². The number of hydrogen-bond acceptors (Lipinski definition) is 5. The smallest absolute Gasteiger partial charge is 0.277 e. The Morgan fingerprint density at radius 2 is 1.91 bits per heavy atom. The van der Waals surface area contributed by atoms with Crippen LogP contribution in [0.2, 0.25) is 0 Å². The molecule has 3 rings (SSSR count). The molecule has 1 amide bonds. The molecule has 3 heterocycles. The molecule has 1 saturated heterocycles. The van der Waals surface area contributed by atoms with Crippen molar-refractivity contribution in [2.24, 2.45) is 7.05 Å². The third-order valence-corrected chi connectivity index (χ3v) is 4.15. The van der Waals surface area contributed by atoms with Crippen molar-refractivity contribution in [3.63, 3.8) is 0 Å². The van der Waals surface area contributed by atoms with E-state index >= 15 is 0 Å². The number of nitrogens with zero attached hydrogens (tertiary/aromatic N) is 5. The first-order valence-corrected chi connectivity index (χ1v) is 7.75. The fraction of sp³-hybridized carbons (Fsp3) is 0.438. The summed E-state index contributed by atoms with van der Waals surface area (Å²) in [5.74, 6) is 1.21. The molecule has 1 fully saturated rings.